The number of allylic oxidation sites excluding steroid dienone is 1. The van der Waals surface area contributed by atoms with Crippen LogP contribution in [0.5, 0.6) is 0 Å². The zero-order valence-corrected chi connectivity index (χ0v) is 10.6. The van der Waals surface area contributed by atoms with E-state index in [1.54, 1.807) is 11.9 Å². The van der Waals surface area contributed by atoms with Gasteiger partial charge in [-0.1, -0.05) is 20.4 Å². The fraction of sp³-hybridized carbons (Fsp3) is 0.833. The molecule has 0 aromatic rings. The molecule has 2 nitrogen and oxygen atoms in total. The van der Waals surface area contributed by atoms with E-state index >= 15 is 0 Å². The molecule has 1 rings (SSSR count). The van der Waals surface area contributed by atoms with Gasteiger partial charge in [0, 0.05) is 32.6 Å². The highest BCUT2D eigenvalue weighted by molar-refractivity contribution is 5.15. The van der Waals surface area contributed by atoms with Crippen LogP contribution in [0.15, 0.2) is 12.3 Å². The number of nitrogens with zero attached hydrogens (tertiary/aromatic N) is 2. The quantitative estimate of drug-likeness (QED) is 0.734. The van der Waals surface area contributed by atoms with Crippen LogP contribution >= 0.6 is 0 Å². The molecule has 1 saturated heterocycles. The van der Waals surface area contributed by atoms with Crippen molar-refractivity contribution in [1.82, 2.24) is 9.80 Å². The molecule has 1 aliphatic rings. The average molecular weight is 232 g/mol. The van der Waals surface area contributed by atoms with E-state index in [4.69, 9.17) is 0 Å². The Bertz CT molecular complexity index is 264. The predicted octanol–water partition coefficient (Wildman–Crippen LogP) is 2.43. The van der Waals surface area contributed by atoms with Crippen LogP contribution in [-0.2, 0) is 0 Å². The van der Waals surface area contributed by atoms with Gasteiger partial charge in [0.05, 0.1) is 5.70 Å². The molecule has 0 bridgehead atoms. The fourth-order valence-electron chi connectivity index (χ4n) is 2.27. The Morgan fingerprint density at radius 2 is 2.12 bits per heavy atom. The molecule has 1 atom stereocenters. The predicted molar refractivity (Wildman–Crippen MR) is 62.6 cm³/mol. The van der Waals surface area contributed by atoms with E-state index in [1.165, 1.54) is 0 Å². The summed E-state index contributed by atoms with van der Waals surface area (Å²) in [5, 5.41) is 0. The molecule has 0 N–H and O–H groups in total. The van der Waals surface area contributed by atoms with Crippen molar-refractivity contribution in [3.8, 4) is 0 Å². The van der Waals surface area contributed by atoms with E-state index in [1.807, 2.05) is 7.05 Å². The summed E-state index contributed by atoms with van der Waals surface area (Å²) in [4.78, 5) is 3.73. The first-order chi connectivity index (χ1) is 7.24. The van der Waals surface area contributed by atoms with Gasteiger partial charge in [0.15, 0.2) is 0 Å². The zero-order valence-electron chi connectivity index (χ0n) is 10.6. The van der Waals surface area contributed by atoms with Crippen molar-refractivity contribution < 1.29 is 8.78 Å². The van der Waals surface area contributed by atoms with Gasteiger partial charge in [-0.2, -0.15) is 8.78 Å². The SMILES string of the molecule is C=C1N(C)[C@@H](CN(C)CC(C)C)CC1(F)F. The summed E-state index contributed by atoms with van der Waals surface area (Å²) < 4.78 is 26.8. The maximum absolute atomic E-state index is 13.4. The summed E-state index contributed by atoms with van der Waals surface area (Å²) in [6.45, 7) is 9.32. The summed E-state index contributed by atoms with van der Waals surface area (Å²) >= 11 is 0. The van der Waals surface area contributed by atoms with Crippen molar-refractivity contribution in [2.24, 2.45) is 5.92 Å². The Hall–Kier alpha value is -0.640. The van der Waals surface area contributed by atoms with E-state index in [-0.39, 0.29) is 18.2 Å². The van der Waals surface area contributed by atoms with Crippen LogP contribution in [0, 0.1) is 5.92 Å². The lowest BCUT2D eigenvalue weighted by Gasteiger charge is -2.27. The highest BCUT2D eigenvalue weighted by atomic mass is 19.3. The topological polar surface area (TPSA) is 6.48 Å². The van der Waals surface area contributed by atoms with Gasteiger partial charge in [0.2, 0.25) is 0 Å². The van der Waals surface area contributed by atoms with Crippen molar-refractivity contribution in [1.29, 1.82) is 0 Å². The van der Waals surface area contributed by atoms with E-state index in [9.17, 15) is 8.78 Å². The Morgan fingerprint density at radius 3 is 2.50 bits per heavy atom. The second-order valence-corrected chi connectivity index (χ2v) is 5.24. The molecule has 0 aromatic carbocycles. The van der Waals surface area contributed by atoms with Crippen LogP contribution in [0.3, 0.4) is 0 Å². The van der Waals surface area contributed by atoms with Crippen molar-refractivity contribution in [3.05, 3.63) is 12.3 Å². The molecule has 1 heterocycles. The monoisotopic (exact) mass is 232 g/mol. The number of hydrogen-bond acceptors (Lipinski definition) is 2. The molecule has 0 unspecified atom stereocenters. The summed E-state index contributed by atoms with van der Waals surface area (Å²) in [6, 6.07) is -0.119. The molecule has 0 saturated carbocycles. The minimum Gasteiger partial charge on any atom is -0.369 e. The van der Waals surface area contributed by atoms with Gasteiger partial charge in [-0.15, -0.1) is 0 Å². The maximum atomic E-state index is 13.4. The Balaban J connectivity index is 2.54. The summed E-state index contributed by atoms with van der Waals surface area (Å²) in [7, 11) is 3.68. The van der Waals surface area contributed by atoms with Crippen molar-refractivity contribution in [2.75, 3.05) is 27.2 Å². The second kappa shape index (κ2) is 4.70. The Kier molecular flexibility index (Phi) is 3.94. The first-order valence-electron chi connectivity index (χ1n) is 5.72. The van der Waals surface area contributed by atoms with Crippen LogP contribution in [0.1, 0.15) is 20.3 Å². The lowest BCUT2D eigenvalue weighted by Crippen LogP contribution is -2.37. The molecule has 16 heavy (non-hydrogen) atoms. The molecule has 0 radical (unpaired) electrons. The van der Waals surface area contributed by atoms with Gasteiger partial charge in [0.25, 0.3) is 5.92 Å². The van der Waals surface area contributed by atoms with Gasteiger partial charge in [-0.25, -0.2) is 0 Å². The minimum absolute atomic E-state index is 0.0459. The molecule has 0 aromatic heterocycles. The van der Waals surface area contributed by atoms with Crippen LogP contribution < -0.4 is 0 Å². The van der Waals surface area contributed by atoms with Gasteiger partial charge in [-0.3, -0.25) is 0 Å². The van der Waals surface area contributed by atoms with E-state index in [0.29, 0.717) is 12.5 Å². The van der Waals surface area contributed by atoms with Crippen molar-refractivity contribution >= 4 is 0 Å². The molecule has 0 amide bonds. The molecular formula is C12H22F2N2. The largest absolute Gasteiger partial charge is 0.369 e. The number of likely N-dealkylation sites (tertiary alicyclic amines) is 1. The van der Waals surface area contributed by atoms with E-state index in [2.05, 4.69) is 25.3 Å². The Labute approximate surface area is 96.9 Å². The Morgan fingerprint density at radius 1 is 1.56 bits per heavy atom. The molecule has 4 heteroatoms. The van der Waals surface area contributed by atoms with Crippen molar-refractivity contribution in [2.45, 2.75) is 32.2 Å². The third-order valence-electron chi connectivity index (χ3n) is 3.09. The van der Waals surface area contributed by atoms with Crippen LogP contribution in [0.25, 0.3) is 0 Å². The fourth-order valence-corrected chi connectivity index (χ4v) is 2.27. The number of alkyl halides is 2. The summed E-state index contributed by atoms with van der Waals surface area (Å²) in [5.41, 5.74) is -0.0459. The van der Waals surface area contributed by atoms with Gasteiger partial charge in [-0.05, 0) is 13.0 Å². The smallest absolute Gasteiger partial charge is 0.288 e. The normalized spacial score (nSPS) is 24.9. The van der Waals surface area contributed by atoms with Gasteiger partial charge in [0.1, 0.15) is 0 Å². The number of likely N-dealkylation sites (N-methyl/N-ethyl adjacent to an activating group) is 2. The lowest BCUT2D eigenvalue weighted by molar-refractivity contribution is 0.0438. The van der Waals surface area contributed by atoms with Crippen LogP contribution in [-0.4, -0.2) is 48.9 Å². The van der Waals surface area contributed by atoms with Crippen molar-refractivity contribution in [3.63, 3.8) is 0 Å². The van der Waals surface area contributed by atoms with E-state index < -0.39 is 5.92 Å². The number of hydrogen-bond donors (Lipinski definition) is 0. The highest BCUT2D eigenvalue weighted by Crippen LogP contribution is 2.39. The summed E-state index contributed by atoms with van der Waals surface area (Å²) in [5.74, 6) is -2.17. The third-order valence-corrected chi connectivity index (χ3v) is 3.09. The molecule has 0 spiro atoms. The molecule has 0 aliphatic carbocycles. The molecule has 94 valence electrons. The molecule has 1 aliphatic heterocycles. The highest BCUT2D eigenvalue weighted by Gasteiger charge is 2.46. The zero-order chi connectivity index (χ0) is 12.5. The lowest BCUT2D eigenvalue weighted by atomic mass is 10.1. The maximum Gasteiger partial charge on any atom is 0.288 e. The average Bonchev–Trinajstić information content (AvgIpc) is 2.28. The van der Waals surface area contributed by atoms with E-state index in [0.717, 1.165) is 6.54 Å². The molecular weight excluding hydrogens is 210 g/mol. The first-order valence-corrected chi connectivity index (χ1v) is 5.72. The second-order valence-electron chi connectivity index (χ2n) is 5.24. The molecule has 1 fully saturated rings. The van der Waals surface area contributed by atoms with Gasteiger partial charge < -0.3 is 9.80 Å². The van der Waals surface area contributed by atoms with Crippen LogP contribution in [0.4, 0.5) is 8.78 Å². The van der Waals surface area contributed by atoms with Gasteiger partial charge >= 0.3 is 0 Å². The van der Waals surface area contributed by atoms with Crippen LogP contribution in [0.2, 0.25) is 0 Å². The standard InChI is InChI=1S/C12H22F2N2/c1-9(2)7-15(4)8-11-6-12(13,14)10(3)16(11)5/h9,11H,3,6-8H2,1-2,4-5H3/t11-/m1/s1. The first kappa shape index (κ1) is 13.4. The minimum atomic E-state index is -2.72. The third kappa shape index (κ3) is 2.94. The number of rotatable bonds is 4. The summed E-state index contributed by atoms with van der Waals surface area (Å²) in [6.07, 6.45) is -0.106. The number of halogens is 2.